The van der Waals surface area contributed by atoms with Crippen molar-refractivity contribution >= 4 is 23.5 Å². The maximum absolute atomic E-state index is 12.6. The van der Waals surface area contributed by atoms with Crippen molar-refractivity contribution < 1.29 is 19.1 Å². The van der Waals surface area contributed by atoms with Gasteiger partial charge in [-0.25, -0.2) is 14.5 Å². The first-order valence-corrected chi connectivity index (χ1v) is 10.9. The summed E-state index contributed by atoms with van der Waals surface area (Å²) in [6, 6.07) is 12.3. The van der Waals surface area contributed by atoms with E-state index in [2.05, 4.69) is 20.7 Å². The van der Waals surface area contributed by atoms with Crippen LogP contribution in [0.5, 0.6) is 0 Å². The van der Waals surface area contributed by atoms with E-state index in [1.54, 1.807) is 49.5 Å². The first kappa shape index (κ1) is 22.2. The molecule has 2 amide bonds. The number of nitrogens with one attached hydrogen (secondary N) is 2. The van der Waals surface area contributed by atoms with E-state index in [-0.39, 0.29) is 17.5 Å². The summed E-state index contributed by atoms with van der Waals surface area (Å²) in [5.74, 6) is -0.872. The Kier molecular flexibility index (Phi) is 6.77. The van der Waals surface area contributed by atoms with Gasteiger partial charge in [0.15, 0.2) is 12.4 Å². The number of amides is 2. The van der Waals surface area contributed by atoms with Gasteiger partial charge in [0.25, 0.3) is 11.8 Å². The highest BCUT2D eigenvalue weighted by Gasteiger charge is 2.21. The Morgan fingerprint density at radius 3 is 2.58 bits per heavy atom. The van der Waals surface area contributed by atoms with Crippen LogP contribution < -0.4 is 10.6 Å². The highest BCUT2D eigenvalue weighted by Crippen LogP contribution is 2.20. The lowest BCUT2D eigenvalue weighted by atomic mass is 10.1. The molecule has 2 N–H and O–H groups in total. The first-order chi connectivity index (χ1) is 16.0. The Morgan fingerprint density at radius 2 is 1.82 bits per heavy atom. The number of anilines is 1. The van der Waals surface area contributed by atoms with Gasteiger partial charge < -0.3 is 15.4 Å². The third kappa shape index (κ3) is 5.25. The molecule has 0 unspecified atom stereocenters. The van der Waals surface area contributed by atoms with E-state index in [0.717, 1.165) is 25.7 Å². The molecule has 0 radical (unpaired) electrons. The smallest absolute Gasteiger partial charge is 0.342 e. The Hall–Kier alpha value is -4.01. The topological polar surface area (TPSA) is 115 Å². The number of esters is 1. The second kappa shape index (κ2) is 10.1. The number of hydrogen-bond acceptors (Lipinski definition) is 6. The average Bonchev–Trinajstić information content (AvgIpc) is 3.48. The molecule has 1 saturated carbocycles. The third-order valence-electron chi connectivity index (χ3n) is 5.57. The fourth-order valence-electron chi connectivity index (χ4n) is 3.84. The van der Waals surface area contributed by atoms with E-state index in [1.165, 1.54) is 10.9 Å². The second-order valence-corrected chi connectivity index (χ2v) is 7.87. The molecule has 9 heteroatoms. The molecule has 0 spiro atoms. The highest BCUT2D eigenvalue weighted by molar-refractivity contribution is 6.04. The van der Waals surface area contributed by atoms with Gasteiger partial charge in [-0.3, -0.25) is 9.59 Å². The lowest BCUT2D eigenvalue weighted by Gasteiger charge is -2.15. The summed E-state index contributed by atoms with van der Waals surface area (Å²) in [6.45, 7) is 1.23. The van der Waals surface area contributed by atoms with Crippen LogP contribution in [0.4, 0.5) is 5.69 Å². The van der Waals surface area contributed by atoms with Gasteiger partial charge in [0.05, 0.1) is 23.1 Å². The minimum atomic E-state index is -0.669. The van der Waals surface area contributed by atoms with Gasteiger partial charge in [0, 0.05) is 12.2 Å². The molecule has 1 aliphatic carbocycles. The Morgan fingerprint density at radius 1 is 1.06 bits per heavy atom. The van der Waals surface area contributed by atoms with Gasteiger partial charge in [0.1, 0.15) is 5.56 Å². The molecule has 1 aromatic carbocycles. The van der Waals surface area contributed by atoms with Gasteiger partial charge in [-0.1, -0.05) is 31.0 Å². The van der Waals surface area contributed by atoms with Crippen molar-refractivity contribution in [1.82, 2.24) is 20.1 Å². The summed E-state index contributed by atoms with van der Waals surface area (Å²) in [4.78, 5) is 41.8. The molecule has 0 atom stereocenters. The largest absolute Gasteiger partial charge is 0.452 e. The predicted molar refractivity (Wildman–Crippen MR) is 121 cm³/mol. The van der Waals surface area contributed by atoms with Crippen molar-refractivity contribution in [3.63, 3.8) is 0 Å². The normalized spacial score (nSPS) is 13.5. The Labute approximate surface area is 191 Å². The van der Waals surface area contributed by atoms with Crippen LogP contribution in [0.25, 0.3) is 5.82 Å². The van der Waals surface area contributed by atoms with Crippen LogP contribution in [0.3, 0.4) is 0 Å². The van der Waals surface area contributed by atoms with Crippen LogP contribution in [0.2, 0.25) is 0 Å². The molecule has 0 bridgehead atoms. The number of nitrogens with zero attached hydrogens (tertiary/aromatic N) is 3. The zero-order chi connectivity index (χ0) is 23.2. The summed E-state index contributed by atoms with van der Waals surface area (Å²) < 4.78 is 6.70. The lowest BCUT2D eigenvalue weighted by molar-refractivity contribution is -0.119. The average molecular weight is 447 g/mol. The molecular formula is C24H25N5O4. The predicted octanol–water partition coefficient (Wildman–Crippen LogP) is 3.04. The zero-order valence-corrected chi connectivity index (χ0v) is 18.3. The van der Waals surface area contributed by atoms with Crippen LogP contribution in [0.15, 0.2) is 54.9 Å². The monoisotopic (exact) mass is 447 g/mol. The van der Waals surface area contributed by atoms with Crippen molar-refractivity contribution in [2.24, 2.45) is 0 Å². The number of carbonyl (C=O) groups excluding carboxylic acids is 3. The minimum absolute atomic E-state index is 0.164. The fourth-order valence-corrected chi connectivity index (χ4v) is 3.84. The lowest BCUT2D eigenvalue weighted by Crippen LogP contribution is -2.33. The van der Waals surface area contributed by atoms with Crippen LogP contribution >= 0.6 is 0 Å². The van der Waals surface area contributed by atoms with Crippen molar-refractivity contribution in [2.45, 2.75) is 38.6 Å². The minimum Gasteiger partial charge on any atom is -0.452 e. The van der Waals surface area contributed by atoms with Crippen LogP contribution in [-0.4, -0.2) is 45.2 Å². The number of carbonyl (C=O) groups is 3. The van der Waals surface area contributed by atoms with Crippen molar-refractivity contribution in [2.75, 3.05) is 11.9 Å². The van der Waals surface area contributed by atoms with Gasteiger partial charge in [-0.05, 0) is 44.0 Å². The number of hydrogen-bond donors (Lipinski definition) is 2. The van der Waals surface area contributed by atoms with Crippen LogP contribution in [0, 0.1) is 6.92 Å². The van der Waals surface area contributed by atoms with Gasteiger partial charge in [-0.15, -0.1) is 0 Å². The van der Waals surface area contributed by atoms with E-state index in [9.17, 15) is 14.4 Å². The van der Waals surface area contributed by atoms with E-state index >= 15 is 0 Å². The number of ether oxygens (including phenoxy) is 1. The summed E-state index contributed by atoms with van der Waals surface area (Å²) in [6.07, 6.45) is 7.15. The number of pyridine rings is 1. The molecule has 170 valence electrons. The maximum atomic E-state index is 12.6. The molecule has 1 aliphatic rings. The van der Waals surface area contributed by atoms with Crippen molar-refractivity contribution in [3.8, 4) is 5.82 Å². The SMILES string of the molecule is Cc1c(C(=O)OCC(=O)Nc2ccccc2C(=O)NC2CCCC2)cnn1-c1ccccn1. The summed E-state index contributed by atoms with van der Waals surface area (Å²) >= 11 is 0. The first-order valence-electron chi connectivity index (χ1n) is 10.9. The van der Waals surface area contributed by atoms with Crippen molar-refractivity contribution in [1.29, 1.82) is 0 Å². The van der Waals surface area contributed by atoms with E-state index in [1.807, 2.05) is 6.07 Å². The van der Waals surface area contributed by atoms with Gasteiger partial charge in [0.2, 0.25) is 0 Å². The number of para-hydroxylation sites is 1. The quantitative estimate of drug-likeness (QED) is 0.538. The molecular weight excluding hydrogens is 422 g/mol. The molecule has 3 aromatic rings. The highest BCUT2D eigenvalue weighted by atomic mass is 16.5. The van der Waals surface area contributed by atoms with Gasteiger partial charge >= 0.3 is 5.97 Å². The molecule has 33 heavy (non-hydrogen) atoms. The molecule has 0 saturated heterocycles. The molecule has 1 fully saturated rings. The maximum Gasteiger partial charge on any atom is 0.342 e. The summed E-state index contributed by atoms with van der Waals surface area (Å²) in [5.41, 5.74) is 1.53. The van der Waals surface area contributed by atoms with E-state index < -0.39 is 18.5 Å². The molecule has 4 rings (SSSR count). The summed E-state index contributed by atoms with van der Waals surface area (Å²) in [5, 5.41) is 9.86. The van der Waals surface area contributed by atoms with Crippen LogP contribution in [-0.2, 0) is 9.53 Å². The van der Waals surface area contributed by atoms with E-state index in [0.29, 0.717) is 22.8 Å². The molecule has 2 heterocycles. The van der Waals surface area contributed by atoms with Crippen LogP contribution in [0.1, 0.15) is 52.1 Å². The molecule has 9 nitrogen and oxygen atoms in total. The third-order valence-corrected chi connectivity index (χ3v) is 5.57. The standard InChI is InChI=1S/C24H25N5O4/c1-16-19(14-26-29(16)21-12-6-7-13-25-21)24(32)33-15-22(30)28-20-11-5-4-10-18(20)23(31)27-17-8-2-3-9-17/h4-7,10-14,17H,2-3,8-9,15H2,1H3,(H,27,31)(H,28,30). The number of benzene rings is 1. The summed E-state index contributed by atoms with van der Waals surface area (Å²) in [7, 11) is 0. The van der Waals surface area contributed by atoms with Crippen molar-refractivity contribution in [3.05, 3.63) is 71.7 Å². The number of aromatic nitrogens is 3. The fraction of sp³-hybridized carbons (Fsp3) is 0.292. The Balaban J connectivity index is 1.36. The van der Waals surface area contributed by atoms with E-state index in [4.69, 9.17) is 4.74 Å². The Bertz CT molecular complexity index is 1150. The molecule has 2 aromatic heterocycles. The second-order valence-electron chi connectivity index (χ2n) is 7.87. The molecule has 0 aliphatic heterocycles. The zero-order valence-electron chi connectivity index (χ0n) is 18.3. The van der Waals surface area contributed by atoms with Gasteiger partial charge in [-0.2, -0.15) is 5.10 Å². The number of rotatable bonds is 7.